The quantitative estimate of drug-likeness (QED) is 0.0992. The van der Waals surface area contributed by atoms with E-state index in [1.165, 1.54) is 34.4 Å². The minimum absolute atomic E-state index is 0.0723. The molecule has 0 unspecified atom stereocenters. The van der Waals surface area contributed by atoms with Crippen LogP contribution in [0.2, 0.25) is 0 Å². The van der Waals surface area contributed by atoms with Crippen molar-refractivity contribution in [3.8, 4) is 0 Å². The lowest BCUT2D eigenvalue weighted by Crippen LogP contribution is -2.45. The van der Waals surface area contributed by atoms with E-state index in [9.17, 15) is 23.2 Å². The van der Waals surface area contributed by atoms with Gasteiger partial charge in [0.25, 0.3) is 0 Å². The molecule has 4 aromatic rings. The minimum Gasteiger partial charge on any atom is -0.386 e. The van der Waals surface area contributed by atoms with Crippen LogP contribution >= 0.6 is 19.0 Å². The molecule has 3 fully saturated rings. The highest BCUT2D eigenvalue weighted by Crippen LogP contribution is 2.56. The van der Waals surface area contributed by atoms with Crippen molar-refractivity contribution in [1.82, 2.24) is 43.8 Å². The van der Waals surface area contributed by atoms with Crippen molar-refractivity contribution in [3.63, 3.8) is 0 Å². The van der Waals surface area contributed by atoms with Crippen molar-refractivity contribution in [1.29, 1.82) is 0 Å². The number of aromatic nitrogens is 8. The van der Waals surface area contributed by atoms with Gasteiger partial charge in [-0.15, -0.1) is 0 Å². The number of nitrogens with zero attached hydrogens (tertiary/aromatic N) is 8. The maximum absolute atomic E-state index is 13.4. The van der Waals surface area contributed by atoms with Crippen LogP contribution in [0.25, 0.3) is 22.3 Å². The lowest BCUT2D eigenvalue weighted by molar-refractivity contribution is -0.0499. The molecule has 0 radical (unpaired) electrons. The Labute approximate surface area is 251 Å². The number of hydrogen-bond acceptors (Lipinski definition) is 18. The number of imidazole rings is 2. The van der Waals surface area contributed by atoms with Crippen LogP contribution in [0.4, 0.5) is 11.6 Å². The van der Waals surface area contributed by atoms with Crippen LogP contribution in [0.3, 0.4) is 0 Å². The molecule has 0 spiro atoms. The standard InChI is InChI=1S/C20H24N11O10PS2/c21-15-9-17(25-3-23-15)30(5-27-9)19-11(32)13-7(38-19)1-29-44(35,36)41-14-8(2-37-42(34,43)40-13)39-20(12(14)33)31-6-28-10-16(22)24-4-26-18(10)31/h3-8,11-14,19-20,29,32-33H,1-2H2,(H,34,43)(H2,21,23,25)(H2,22,24,26)/t7-,8-,11-,12-,13-,14-,19-,20-,42-/m1/s1. The first-order valence-electron chi connectivity index (χ1n) is 12.8. The number of aliphatic hydroxyl groups excluding tert-OH is 2. The Morgan fingerprint density at radius 2 is 1.43 bits per heavy atom. The molecule has 3 saturated heterocycles. The van der Waals surface area contributed by atoms with E-state index in [4.69, 9.17) is 34.2 Å². The van der Waals surface area contributed by atoms with Crippen molar-refractivity contribution >= 4 is 63.3 Å². The third kappa shape index (κ3) is 5.08. The van der Waals surface area contributed by atoms with E-state index in [-0.39, 0.29) is 34.0 Å². The minimum atomic E-state index is -4.61. The second kappa shape index (κ2) is 10.8. The van der Waals surface area contributed by atoms with Crippen LogP contribution in [0.5, 0.6) is 0 Å². The molecule has 0 aromatic carbocycles. The van der Waals surface area contributed by atoms with Crippen LogP contribution in [0, 0.1) is 0 Å². The summed E-state index contributed by atoms with van der Waals surface area (Å²) in [5.74, 6) is 0.154. The number of thiol groups is 1. The van der Waals surface area contributed by atoms with Crippen LogP contribution in [0.1, 0.15) is 12.5 Å². The molecule has 9 atom stereocenters. The molecule has 24 heteroatoms. The Morgan fingerprint density at radius 1 is 0.886 bits per heavy atom. The van der Waals surface area contributed by atoms with Gasteiger partial charge in [0.1, 0.15) is 60.3 Å². The van der Waals surface area contributed by atoms with Crippen molar-refractivity contribution in [2.75, 3.05) is 24.6 Å². The lowest BCUT2D eigenvalue weighted by atomic mass is 10.1. The highest BCUT2D eigenvalue weighted by molar-refractivity contribution is 8.44. The summed E-state index contributed by atoms with van der Waals surface area (Å²) < 4.78 is 72.6. The first-order valence-corrected chi connectivity index (χ1v) is 16.9. The normalized spacial score (nSPS) is 36.1. The predicted octanol–water partition coefficient (Wildman–Crippen LogP) is -1.98. The number of nitrogens with two attached hydrogens (primary N) is 2. The second-order valence-corrected chi connectivity index (χ2v) is 14.2. The molecular weight excluding hydrogens is 649 g/mol. The molecule has 3 aliphatic rings. The van der Waals surface area contributed by atoms with E-state index in [1.807, 2.05) is 0 Å². The average Bonchev–Trinajstić information content (AvgIpc) is 3.73. The van der Waals surface area contributed by atoms with Crippen LogP contribution in [-0.2, 0) is 37.6 Å². The molecule has 0 bridgehead atoms. The van der Waals surface area contributed by atoms with Gasteiger partial charge in [-0.05, 0) is 0 Å². The van der Waals surface area contributed by atoms with E-state index >= 15 is 0 Å². The van der Waals surface area contributed by atoms with Crippen molar-refractivity contribution in [3.05, 3.63) is 25.3 Å². The van der Waals surface area contributed by atoms with Gasteiger partial charge < -0.3 is 31.2 Å². The monoisotopic (exact) mass is 673 g/mol. The van der Waals surface area contributed by atoms with Gasteiger partial charge in [-0.3, -0.25) is 18.2 Å². The van der Waals surface area contributed by atoms with Crippen LogP contribution in [-0.4, -0.2) is 107 Å². The summed E-state index contributed by atoms with van der Waals surface area (Å²) in [4.78, 5) is 24.2. The van der Waals surface area contributed by atoms with E-state index in [0.29, 0.717) is 0 Å². The Hall–Kier alpha value is -3.09. The molecule has 3 aliphatic heterocycles. The molecule has 21 nitrogen and oxygen atoms in total. The zero-order valence-electron chi connectivity index (χ0n) is 22.0. The van der Waals surface area contributed by atoms with E-state index in [2.05, 4.69) is 46.9 Å². The van der Waals surface area contributed by atoms with Crippen LogP contribution < -0.4 is 16.2 Å². The topological polar surface area (TPSA) is 289 Å². The second-order valence-electron chi connectivity index (χ2n) is 9.98. The van der Waals surface area contributed by atoms with Crippen LogP contribution in [0.15, 0.2) is 25.3 Å². The first-order chi connectivity index (χ1) is 20.9. The van der Waals surface area contributed by atoms with Crippen molar-refractivity contribution < 1.29 is 45.9 Å². The number of fused-ring (bicyclic) bond motifs is 4. The molecule has 4 aromatic heterocycles. The number of rotatable bonds is 2. The largest absolute Gasteiger partial charge is 0.386 e. The Balaban J connectivity index is 1.17. The first kappa shape index (κ1) is 29.6. The Kier molecular flexibility index (Phi) is 7.25. The SMILES string of the molecule is Nc1ncnc2c1ncn2[C@@H]1O[C@@H]2CNS(=O)(=O)O[C@H]3[C@@H](O)[C@H](n4cnc5c(N)ncnc54)O[C@@H]3CO[P@@](=O)(S)O[C@H]2[C@H]1O. The number of nitrogen functional groups attached to an aromatic ring is 2. The summed E-state index contributed by atoms with van der Waals surface area (Å²) in [7, 11) is -4.61. The number of aliphatic hydroxyl groups is 2. The van der Waals surface area contributed by atoms with E-state index in [1.54, 1.807) is 0 Å². The smallest absolute Gasteiger partial charge is 0.386 e. The molecule has 0 aliphatic carbocycles. The van der Waals surface area contributed by atoms with Gasteiger partial charge in [0.15, 0.2) is 35.4 Å². The zero-order chi connectivity index (χ0) is 31.0. The molecule has 7 heterocycles. The summed E-state index contributed by atoms with van der Waals surface area (Å²) in [5, 5.41) is 22.4. The maximum atomic E-state index is 13.4. The lowest BCUT2D eigenvalue weighted by Gasteiger charge is -2.27. The summed E-state index contributed by atoms with van der Waals surface area (Å²) in [6.45, 7) is -5.44. The molecule has 0 amide bonds. The molecule has 7 N–H and O–H groups in total. The average molecular weight is 674 g/mol. The summed E-state index contributed by atoms with van der Waals surface area (Å²) in [5.41, 5.74) is 12.6. The fraction of sp³-hybridized carbons (Fsp3) is 0.500. The molecule has 44 heavy (non-hydrogen) atoms. The predicted molar refractivity (Wildman–Crippen MR) is 149 cm³/mol. The Bertz CT molecular complexity index is 1890. The molecular formula is C20H24N11O10PS2. The summed E-state index contributed by atoms with van der Waals surface area (Å²) in [6, 6.07) is 0. The van der Waals surface area contributed by atoms with Crippen molar-refractivity contribution in [2.45, 2.75) is 49.1 Å². The number of nitrogens with one attached hydrogen (secondary N) is 1. The highest BCUT2D eigenvalue weighted by atomic mass is 32.7. The number of hydrogen-bond donors (Lipinski definition) is 6. The number of ether oxygens (including phenoxy) is 2. The third-order valence-electron chi connectivity index (χ3n) is 7.30. The number of anilines is 2. The summed E-state index contributed by atoms with van der Waals surface area (Å²) in [6.07, 6.45) is -6.30. The van der Waals surface area contributed by atoms with Gasteiger partial charge in [-0.2, -0.15) is 13.1 Å². The van der Waals surface area contributed by atoms with Gasteiger partial charge in [-0.25, -0.2) is 38.7 Å². The van der Waals surface area contributed by atoms with E-state index in [0.717, 1.165) is 0 Å². The Morgan fingerprint density at radius 3 is 2.02 bits per heavy atom. The maximum Gasteiger partial charge on any atom is 0.386 e. The zero-order valence-corrected chi connectivity index (χ0v) is 24.6. The van der Waals surface area contributed by atoms with Gasteiger partial charge >= 0.3 is 17.1 Å². The van der Waals surface area contributed by atoms with Gasteiger partial charge in [0.05, 0.1) is 19.3 Å². The third-order valence-corrected chi connectivity index (χ3v) is 9.91. The van der Waals surface area contributed by atoms with Gasteiger partial charge in [-0.1, -0.05) is 12.2 Å². The summed E-state index contributed by atoms with van der Waals surface area (Å²) >= 11 is 4.05. The molecule has 236 valence electrons. The fourth-order valence-corrected chi connectivity index (χ4v) is 7.73. The van der Waals surface area contributed by atoms with Gasteiger partial charge in [0, 0.05) is 6.54 Å². The fourth-order valence-electron chi connectivity index (χ4n) is 5.28. The van der Waals surface area contributed by atoms with Gasteiger partial charge in [0.2, 0.25) is 0 Å². The van der Waals surface area contributed by atoms with Crippen molar-refractivity contribution in [2.24, 2.45) is 0 Å². The van der Waals surface area contributed by atoms with E-state index < -0.39 is 79.3 Å². The highest BCUT2D eigenvalue weighted by Gasteiger charge is 2.52. The molecule has 7 rings (SSSR count). The molecule has 0 saturated carbocycles.